The summed E-state index contributed by atoms with van der Waals surface area (Å²) in [6.45, 7) is 3.23. The molecule has 0 radical (unpaired) electrons. The summed E-state index contributed by atoms with van der Waals surface area (Å²) in [6.07, 6.45) is 1.75. The van der Waals surface area contributed by atoms with Crippen LogP contribution >= 0.6 is 11.6 Å². The van der Waals surface area contributed by atoms with Crippen LogP contribution in [0.1, 0.15) is 12.5 Å². The van der Waals surface area contributed by atoms with E-state index in [1.807, 2.05) is 43.3 Å². The number of hydrogen-bond acceptors (Lipinski definition) is 3. The van der Waals surface area contributed by atoms with Crippen LogP contribution in [0.5, 0.6) is 5.75 Å². The minimum absolute atomic E-state index is 0.632. The quantitative estimate of drug-likeness (QED) is 0.891. The molecular weight excluding hydrogens is 248 g/mol. The van der Waals surface area contributed by atoms with E-state index in [1.165, 1.54) is 0 Å². The SMILES string of the molecule is CCOc1ccc(Cl)cc1CNc1ccccn1. The number of nitrogens with one attached hydrogen (secondary N) is 1. The molecule has 2 rings (SSSR count). The van der Waals surface area contributed by atoms with E-state index in [-0.39, 0.29) is 0 Å². The Labute approximate surface area is 112 Å². The number of benzene rings is 1. The van der Waals surface area contributed by atoms with Gasteiger partial charge in [0.05, 0.1) is 6.61 Å². The molecular formula is C14H15ClN2O. The molecule has 1 N–H and O–H groups in total. The zero-order valence-electron chi connectivity index (χ0n) is 10.2. The largest absolute Gasteiger partial charge is 0.494 e. The van der Waals surface area contributed by atoms with Crippen molar-refractivity contribution in [3.63, 3.8) is 0 Å². The Hall–Kier alpha value is -1.74. The van der Waals surface area contributed by atoms with E-state index < -0.39 is 0 Å². The number of aromatic nitrogens is 1. The maximum Gasteiger partial charge on any atom is 0.126 e. The number of nitrogens with zero attached hydrogens (tertiary/aromatic N) is 1. The fraction of sp³-hybridized carbons (Fsp3) is 0.214. The zero-order valence-corrected chi connectivity index (χ0v) is 10.9. The third kappa shape index (κ3) is 3.37. The summed E-state index contributed by atoms with van der Waals surface area (Å²) in [5, 5.41) is 3.94. The normalized spacial score (nSPS) is 10.1. The number of ether oxygens (including phenoxy) is 1. The first kappa shape index (κ1) is 12.7. The predicted molar refractivity (Wildman–Crippen MR) is 74.2 cm³/mol. The second-order valence-corrected chi connectivity index (χ2v) is 4.19. The summed E-state index contributed by atoms with van der Waals surface area (Å²) in [4.78, 5) is 4.21. The molecule has 18 heavy (non-hydrogen) atoms. The van der Waals surface area contributed by atoms with E-state index in [4.69, 9.17) is 16.3 Å². The molecule has 4 heteroatoms. The Morgan fingerprint density at radius 1 is 1.28 bits per heavy atom. The Morgan fingerprint density at radius 2 is 2.17 bits per heavy atom. The molecule has 0 aliphatic rings. The molecule has 94 valence electrons. The van der Waals surface area contributed by atoms with Crippen LogP contribution < -0.4 is 10.1 Å². The third-order valence-corrected chi connectivity index (χ3v) is 2.68. The van der Waals surface area contributed by atoms with Gasteiger partial charge in [0, 0.05) is 23.3 Å². The van der Waals surface area contributed by atoms with E-state index in [0.717, 1.165) is 17.1 Å². The van der Waals surface area contributed by atoms with Gasteiger partial charge in [-0.15, -0.1) is 0 Å². The number of hydrogen-bond donors (Lipinski definition) is 1. The van der Waals surface area contributed by atoms with E-state index in [9.17, 15) is 0 Å². The van der Waals surface area contributed by atoms with E-state index in [2.05, 4.69) is 10.3 Å². The second-order valence-electron chi connectivity index (χ2n) is 3.75. The van der Waals surface area contributed by atoms with Gasteiger partial charge >= 0.3 is 0 Å². The van der Waals surface area contributed by atoms with Crippen molar-refractivity contribution in [2.75, 3.05) is 11.9 Å². The smallest absolute Gasteiger partial charge is 0.126 e. The number of anilines is 1. The third-order valence-electron chi connectivity index (χ3n) is 2.45. The lowest BCUT2D eigenvalue weighted by Crippen LogP contribution is -2.04. The molecule has 0 spiro atoms. The number of pyridine rings is 1. The highest BCUT2D eigenvalue weighted by atomic mass is 35.5. The molecule has 1 heterocycles. The molecule has 1 aromatic carbocycles. The summed E-state index contributed by atoms with van der Waals surface area (Å²) in [5.74, 6) is 1.69. The van der Waals surface area contributed by atoms with Gasteiger partial charge < -0.3 is 10.1 Å². The van der Waals surface area contributed by atoms with Crippen molar-refractivity contribution < 1.29 is 4.74 Å². The van der Waals surface area contributed by atoms with Crippen molar-refractivity contribution in [2.45, 2.75) is 13.5 Å². The minimum atomic E-state index is 0.632. The molecule has 0 saturated carbocycles. The van der Waals surface area contributed by atoms with E-state index >= 15 is 0 Å². The van der Waals surface area contributed by atoms with Crippen LogP contribution in [-0.2, 0) is 6.54 Å². The van der Waals surface area contributed by atoms with Crippen LogP contribution in [0.4, 0.5) is 5.82 Å². The topological polar surface area (TPSA) is 34.1 Å². The summed E-state index contributed by atoms with van der Waals surface area (Å²) in [7, 11) is 0. The van der Waals surface area contributed by atoms with Crippen molar-refractivity contribution >= 4 is 17.4 Å². The van der Waals surface area contributed by atoms with Gasteiger partial charge in [0.1, 0.15) is 11.6 Å². The Morgan fingerprint density at radius 3 is 2.89 bits per heavy atom. The standard InChI is InChI=1S/C14H15ClN2O/c1-2-18-13-7-6-12(15)9-11(13)10-17-14-5-3-4-8-16-14/h3-9H,2,10H2,1H3,(H,16,17). The molecule has 1 aromatic heterocycles. The van der Waals surface area contributed by atoms with Crippen molar-refractivity contribution in [3.8, 4) is 5.75 Å². The number of rotatable bonds is 5. The highest BCUT2D eigenvalue weighted by Gasteiger charge is 2.04. The maximum atomic E-state index is 6.00. The van der Waals surface area contributed by atoms with E-state index in [1.54, 1.807) is 6.20 Å². The highest BCUT2D eigenvalue weighted by molar-refractivity contribution is 6.30. The van der Waals surface area contributed by atoms with Gasteiger partial charge in [-0.25, -0.2) is 4.98 Å². The average molecular weight is 263 g/mol. The Bertz CT molecular complexity index is 502. The van der Waals surface area contributed by atoms with Crippen LogP contribution in [-0.4, -0.2) is 11.6 Å². The summed E-state index contributed by atoms with van der Waals surface area (Å²) < 4.78 is 5.56. The van der Waals surface area contributed by atoms with E-state index in [0.29, 0.717) is 18.2 Å². The summed E-state index contributed by atoms with van der Waals surface area (Å²) >= 11 is 6.00. The summed E-state index contributed by atoms with van der Waals surface area (Å²) in [6, 6.07) is 11.4. The molecule has 3 nitrogen and oxygen atoms in total. The van der Waals surface area contributed by atoms with Gasteiger partial charge in [-0.1, -0.05) is 17.7 Å². The Kier molecular flexibility index (Phi) is 4.42. The second kappa shape index (κ2) is 6.26. The van der Waals surface area contributed by atoms with Gasteiger partial charge in [-0.2, -0.15) is 0 Å². The van der Waals surface area contributed by atoms with Gasteiger partial charge in [-0.3, -0.25) is 0 Å². The molecule has 0 unspecified atom stereocenters. The maximum absolute atomic E-state index is 6.00. The minimum Gasteiger partial charge on any atom is -0.494 e. The van der Waals surface area contributed by atoms with Gasteiger partial charge in [0.25, 0.3) is 0 Å². The first-order chi connectivity index (χ1) is 8.79. The van der Waals surface area contributed by atoms with Crippen molar-refractivity contribution in [1.29, 1.82) is 0 Å². The predicted octanol–water partition coefficient (Wildman–Crippen LogP) is 3.75. The van der Waals surface area contributed by atoms with Gasteiger partial charge in [0.15, 0.2) is 0 Å². The first-order valence-corrected chi connectivity index (χ1v) is 6.23. The first-order valence-electron chi connectivity index (χ1n) is 5.85. The lowest BCUT2D eigenvalue weighted by atomic mass is 10.2. The van der Waals surface area contributed by atoms with Crippen molar-refractivity contribution in [1.82, 2.24) is 4.98 Å². The molecule has 0 amide bonds. The van der Waals surface area contributed by atoms with Crippen LogP contribution in [0, 0.1) is 0 Å². The summed E-state index contributed by atoms with van der Waals surface area (Å²) in [5.41, 5.74) is 1.02. The molecule has 0 aliphatic heterocycles. The van der Waals surface area contributed by atoms with Crippen LogP contribution in [0.3, 0.4) is 0 Å². The molecule has 0 aliphatic carbocycles. The fourth-order valence-corrected chi connectivity index (χ4v) is 1.83. The monoisotopic (exact) mass is 262 g/mol. The molecule has 0 saturated heterocycles. The molecule has 2 aromatic rings. The van der Waals surface area contributed by atoms with Crippen LogP contribution in [0.15, 0.2) is 42.6 Å². The number of halogens is 1. The highest BCUT2D eigenvalue weighted by Crippen LogP contribution is 2.23. The van der Waals surface area contributed by atoms with Crippen molar-refractivity contribution in [3.05, 3.63) is 53.2 Å². The fourth-order valence-electron chi connectivity index (χ4n) is 1.64. The van der Waals surface area contributed by atoms with Gasteiger partial charge in [0.2, 0.25) is 0 Å². The zero-order chi connectivity index (χ0) is 12.8. The average Bonchev–Trinajstić information content (AvgIpc) is 2.40. The Balaban J connectivity index is 2.10. The van der Waals surface area contributed by atoms with Crippen LogP contribution in [0.25, 0.3) is 0 Å². The molecule has 0 fully saturated rings. The molecule has 0 atom stereocenters. The lowest BCUT2D eigenvalue weighted by molar-refractivity contribution is 0.337. The van der Waals surface area contributed by atoms with Crippen molar-refractivity contribution in [2.24, 2.45) is 0 Å². The van der Waals surface area contributed by atoms with Crippen LogP contribution in [0.2, 0.25) is 5.02 Å². The van der Waals surface area contributed by atoms with Gasteiger partial charge in [-0.05, 0) is 37.3 Å². The molecule has 0 bridgehead atoms. The lowest BCUT2D eigenvalue weighted by Gasteiger charge is -2.11.